The van der Waals surface area contributed by atoms with Crippen LogP contribution in [0, 0.1) is 20.2 Å². The zero-order valence-corrected chi connectivity index (χ0v) is 13.8. The predicted molar refractivity (Wildman–Crippen MR) is 91.6 cm³/mol. The van der Waals surface area contributed by atoms with Crippen LogP contribution in [0.2, 0.25) is 0 Å². The van der Waals surface area contributed by atoms with E-state index in [1.165, 1.54) is 0 Å². The van der Waals surface area contributed by atoms with Crippen LogP contribution in [0.5, 0.6) is 5.88 Å². The maximum absolute atomic E-state index is 11.1. The average Bonchev–Trinajstić information content (AvgIpc) is 2.87. The third kappa shape index (κ3) is 3.17. The van der Waals surface area contributed by atoms with Crippen LogP contribution in [-0.4, -0.2) is 19.9 Å². The number of hydrogen-bond acceptors (Lipinski definition) is 7. The van der Waals surface area contributed by atoms with Crippen LogP contribution in [0.3, 0.4) is 0 Å². The van der Waals surface area contributed by atoms with Crippen molar-refractivity contribution >= 4 is 49.6 Å². The van der Waals surface area contributed by atoms with Crippen LogP contribution in [0.25, 0.3) is 10.9 Å². The van der Waals surface area contributed by atoms with E-state index in [2.05, 4.69) is 31.1 Å². The van der Waals surface area contributed by atoms with Crippen LogP contribution in [-0.2, 0) is 0 Å². The summed E-state index contributed by atoms with van der Waals surface area (Å²) < 4.78 is 0.747. The van der Waals surface area contributed by atoms with Gasteiger partial charge in [-0.15, -0.1) is 10.2 Å². The Hall–Kier alpha value is -3.34. The number of non-ortho nitro benzene ring substituents is 1. The van der Waals surface area contributed by atoms with E-state index in [-0.39, 0.29) is 17.3 Å². The first-order valence-corrected chi connectivity index (χ1v) is 7.51. The third-order valence-electron chi connectivity index (χ3n) is 3.34. The van der Waals surface area contributed by atoms with Gasteiger partial charge in [0, 0.05) is 15.9 Å². The molecule has 10 nitrogen and oxygen atoms in total. The minimum absolute atomic E-state index is 0.101. The summed E-state index contributed by atoms with van der Waals surface area (Å²) in [6.45, 7) is 0. The summed E-state index contributed by atoms with van der Waals surface area (Å²) in [6, 6.07) is 8.20. The van der Waals surface area contributed by atoms with Gasteiger partial charge in [0.25, 0.3) is 5.69 Å². The van der Waals surface area contributed by atoms with Crippen molar-refractivity contribution in [2.45, 2.75) is 0 Å². The SMILES string of the molecule is O=[N+]([O-])c1ccc(N=Nc2c(O)[nH]c3ccc(Br)cc23)c([N+](=O)[O-])c1. The number of halogens is 1. The molecule has 0 bridgehead atoms. The van der Waals surface area contributed by atoms with Crippen LogP contribution in [0.15, 0.2) is 51.1 Å². The third-order valence-corrected chi connectivity index (χ3v) is 3.83. The van der Waals surface area contributed by atoms with E-state index in [0.717, 1.165) is 22.7 Å². The summed E-state index contributed by atoms with van der Waals surface area (Å²) in [5, 5.41) is 40.0. The Labute approximate surface area is 147 Å². The number of aromatic hydroxyl groups is 1. The second-order valence-corrected chi connectivity index (χ2v) is 5.82. The smallest absolute Gasteiger partial charge is 0.303 e. The van der Waals surface area contributed by atoms with Gasteiger partial charge in [-0.2, -0.15) is 0 Å². The van der Waals surface area contributed by atoms with Crippen molar-refractivity contribution in [2.24, 2.45) is 10.2 Å². The van der Waals surface area contributed by atoms with Crippen molar-refractivity contribution < 1.29 is 15.0 Å². The Morgan fingerprint density at radius 2 is 1.80 bits per heavy atom. The normalized spacial score (nSPS) is 11.2. The minimum Gasteiger partial charge on any atom is -0.493 e. The van der Waals surface area contributed by atoms with Crippen molar-refractivity contribution in [1.29, 1.82) is 0 Å². The second kappa shape index (κ2) is 6.28. The number of nitro groups is 2. The highest BCUT2D eigenvalue weighted by molar-refractivity contribution is 9.10. The molecule has 3 aromatic rings. The molecule has 2 aromatic carbocycles. The highest BCUT2D eigenvalue weighted by atomic mass is 79.9. The molecular formula is C14H8BrN5O5. The van der Waals surface area contributed by atoms with Crippen molar-refractivity contribution in [3.63, 3.8) is 0 Å². The molecule has 1 heterocycles. The number of rotatable bonds is 4. The molecule has 0 aliphatic heterocycles. The summed E-state index contributed by atoms with van der Waals surface area (Å²) in [4.78, 5) is 23.0. The number of azo groups is 1. The lowest BCUT2D eigenvalue weighted by Gasteiger charge is -1.97. The van der Waals surface area contributed by atoms with Crippen molar-refractivity contribution in [2.75, 3.05) is 0 Å². The molecule has 25 heavy (non-hydrogen) atoms. The predicted octanol–water partition coefficient (Wildman–Crippen LogP) is 4.87. The molecule has 0 radical (unpaired) electrons. The molecule has 0 unspecified atom stereocenters. The number of hydrogen-bond donors (Lipinski definition) is 2. The molecule has 0 spiro atoms. The lowest BCUT2D eigenvalue weighted by Crippen LogP contribution is -1.92. The Morgan fingerprint density at radius 1 is 1.04 bits per heavy atom. The first-order valence-electron chi connectivity index (χ1n) is 6.71. The minimum atomic E-state index is -0.785. The summed E-state index contributed by atoms with van der Waals surface area (Å²) in [5.41, 5.74) is -0.445. The fourth-order valence-corrected chi connectivity index (χ4v) is 2.56. The van der Waals surface area contributed by atoms with E-state index in [9.17, 15) is 25.3 Å². The van der Waals surface area contributed by atoms with E-state index < -0.39 is 21.2 Å². The fraction of sp³-hybridized carbons (Fsp3) is 0. The monoisotopic (exact) mass is 405 g/mol. The number of fused-ring (bicyclic) bond motifs is 1. The Balaban J connectivity index is 2.08. The molecule has 3 rings (SSSR count). The van der Waals surface area contributed by atoms with Crippen LogP contribution in [0.1, 0.15) is 0 Å². The van der Waals surface area contributed by atoms with Gasteiger partial charge in [0.1, 0.15) is 0 Å². The molecule has 1 aromatic heterocycles. The molecule has 0 saturated carbocycles. The van der Waals surface area contributed by atoms with Crippen LogP contribution >= 0.6 is 15.9 Å². The molecule has 0 saturated heterocycles. The van der Waals surface area contributed by atoms with Crippen molar-refractivity contribution in [3.8, 4) is 5.88 Å². The quantitative estimate of drug-likeness (QED) is 0.360. The van der Waals surface area contributed by atoms with Gasteiger partial charge in [0.15, 0.2) is 11.4 Å². The number of aromatic amines is 1. The maximum atomic E-state index is 11.1. The van der Waals surface area contributed by atoms with Gasteiger partial charge < -0.3 is 10.1 Å². The van der Waals surface area contributed by atoms with Crippen LogP contribution in [0.4, 0.5) is 22.7 Å². The first-order chi connectivity index (χ1) is 11.9. The molecular weight excluding hydrogens is 398 g/mol. The number of nitrogens with zero attached hydrogens (tertiary/aromatic N) is 4. The summed E-state index contributed by atoms with van der Waals surface area (Å²) in [7, 11) is 0. The topological polar surface area (TPSA) is 147 Å². The van der Waals surface area contributed by atoms with E-state index in [4.69, 9.17) is 0 Å². The lowest BCUT2D eigenvalue weighted by molar-refractivity contribution is -0.393. The first kappa shape index (κ1) is 16.5. The molecule has 0 atom stereocenters. The lowest BCUT2D eigenvalue weighted by atomic mass is 10.2. The van der Waals surface area contributed by atoms with E-state index in [1.54, 1.807) is 18.2 Å². The fourth-order valence-electron chi connectivity index (χ4n) is 2.20. The zero-order chi connectivity index (χ0) is 18.1. The number of aromatic nitrogens is 1. The number of nitrogens with one attached hydrogen (secondary N) is 1. The maximum Gasteiger partial charge on any atom is 0.303 e. The molecule has 2 N–H and O–H groups in total. The van der Waals surface area contributed by atoms with Crippen molar-refractivity contribution in [3.05, 3.63) is 61.1 Å². The molecule has 0 amide bonds. The van der Waals surface area contributed by atoms with Gasteiger partial charge in [-0.05, 0) is 24.3 Å². The number of benzene rings is 2. The van der Waals surface area contributed by atoms with Crippen molar-refractivity contribution in [1.82, 2.24) is 4.98 Å². The van der Waals surface area contributed by atoms with Gasteiger partial charge in [-0.1, -0.05) is 15.9 Å². The van der Waals surface area contributed by atoms with E-state index >= 15 is 0 Å². The van der Waals surface area contributed by atoms with Gasteiger partial charge in [-0.3, -0.25) is 20.2 Å². The highest BCUT2D eigenvalue weighted by Gasteiger charge is 2.20. The van der Waals surface area contributed by atoms with Gasteiger partial charge >= 0.3 is 5.69 Å². The Kier molecular flexibility index (Phi) is 4.15. The molecule has 126 valence electrons. The van der Waals surface area contributed by atoms with E-state index in [0.29, 0.717) is 10.9 Å². The van der Waals surface area contributed by atoms with Crippen LogP contribution < -0.4 is 0 Å². The Bertz CT molecular complexity index is 1050. The number of H-pyrrole nitrogens is 1. The largest absolute Gasteiger partial charge is 0.493 e. The molecule has 0 aliphatic rings. The number of nitro benzene ring substituents is 2. The van der Waals surface area contributed by atoms with Gasteiger partial charge in [-0.25, -0.2) is 0 Å². The standard InChI is InChI=1S/C14H8BrN5O5/c15-7-1-3-10-9(5-7)13(14(21)16-10)18-17-11-4-2-8(19(22)23)6-12(11)20(24)25/h1-6,16,21H. The molecule has 0 fully saturated rings. The summed E-state index contributed by atoms with van der Waals surface area (Å²) in [6.07, 6.45) is 0. The zero-order valence-electron chi connectivity index (χ0n) is 12.2. The molecule has 0 aliphatic carbocycles. The summed E-state index contributed by atoms with van der Waals surface area (Å²) in [5.74, 6) is -0.249. The van der Waals surface area contributed by atoms with Gasteiger partial charge in [0.05, 0.1) is 21.4 Å². The van der Waals surface area contributed by atoms with E-state index in [1.807, 2.05) is 0 Å². The highest BCUT2D eigenvalue weighted by Crippen LogP contribution is 2.39. The average molecular weight is 406 g/mol. The second-order valence-electron chi connectivity index (χ2n) is 4.90. The Morgan fingerprint density at radius 3 is 2.48 bits per heavy atom. The van der Waals surface area contributed by atoms with Gasteiger partial charge in [0.2, 0.25) is 5.88 Å². The summed E-state index contributed by atoms with van der Waals surface area (Å²) >= 11 is 3.30. The molecule has 11 heteroatoms.